The number of anilines is 1. The monoisotopic (exact) mass is 390 g/mol. The van der Waals surface area contributed by atoms with Crippen LogP contribution in [0.2, 0.25) is 5.15 Å². The Bertz CT molecular complexity index is 818. The number of aromatic nitrogens is 4. The van der Waals surface area contributed by atoms with Crippen molar-refractivity contribution in [3.8, 4) is 5.69 Å². The molecule has 2 N–H and O–H groups in total. The largest absolute Gasteiger partial charge is 0.405 e. The second-order valence-electron chi connectivity index (χ2n) is 5.86. The summed E-state index contributed by atoms with van der Waals surface area (Å²) in [7, 11) is 1.35. The van der Waals surface area contributed by atoms with Crippen LogP contribution in [0.1, 0.15) is 41.8 Å². The van der Waals surface area contributed by atoms with Crippen LogP contribution < -0.4 is 10.6 Å². The number of nitrogens with zero attached hydrogens (tertiary/aromatic N) is 4. The highest BCUT2D eigenvalue weighted by Crippen LogP contribution is 2.30. The summed E-state index contributed by atoms with van der Waals surface area (Å²) in [5.74, 6) is -1.23. The first kappa shape index (κ1) is 20.0. The Balaban J connectivity index is 2.65. The maximum Gasteiger partial charge on any atom is 0.405 e. The van der Waals surface area contributed by atoms with Crippen LogP contribution in [0.4, 0.5) is 19.0 Å². The molecule has 0 unspecified atom stereocenters. The van der Waals surface area contributed by atoms with E-state index in [9.17, 15) is 18.0 Å². The van der Waals surface area contributed by atoms with Crippen molar-refractivity contribution >= 4 is 23.3 Å². The molecule has 0 aliphatic rings. The molecule has 11 heteroatoms. The minimum absolute atomic E-state index is 0.0151. The number of alkyl halides is 3. The van der Waals surface area contributed by atoms with E-state index >= 15 is 0 Å². The summed E-state index contributed by atoms with van der Waals surface area (Å²) in [4.78, 5) is 19.6. The lowest BCUT2D eigenvalue weighted by Crippen LogP contribution is -2.26. The van der Waals surface area contributed by atoms with Crippen LogP contribution >= 0.6 is 11.6 Å². The van der Waals surface area contributed by atoms with E-state index in [-0.39, 0.29) is 28.4 Å². The van der Waals surface area contributed by atoms with Gasteiger partial charge in [0.15, 0.2) is 11.0 Å². The molecule has 7 nitrogen and oxygen atoms in total. The molecule has 2 aromatic rings. The standard InChI is InChI=1S/C15H18ClF3N6O/c1-7(2)9-5-8(3)24-25(9)10-11(16)22-13(14(26)20-4)23-12(10)21-6-15(17,18)19/h5,7H,6H2,1-4H3,(H,20,26)(H,21,22,23). The van der Waals surface area contributed by atoms with Gasteiger partial charge < -0.3 is 10.6 Å². The van der Waals surface area contributed by atoms with E-state index in [2.05, 4.69) is 25.7 Å². The van der Waals surface area contributed by atoms with Gasteiger partial charge >= 0.3 is 6.18 Å². The van der Waals surface area contributed by atoms with Gasteiger partial charge in [0.1, 0.15) is 12.2 Å². The van der Waals surface area contributed by atoms with Gasteiger partial charge in [-0.1, -0.05) is 25.4 Å². The number of hydrogen-bond donors (Lipinski definition) is 2. The molecule has 0 atom stereocenters. The molecule has 1 amide bonds. The maximum atomic E-state index is 12.7. The van der Waals surface area contributed by atoms with Gasteiger partial charge in [-0.3, -0.25) is 4.79 Å². The van der Waals surface area contributed by atoms with Crippen molar-refractivity contribution in [1.29, 1.82) is 0 Å². The van der Waals surface area contributed by atoms with E-state index in [4.69, 9.17) is 11.6 Å². The van der Waals surface area contributed by atoms with Gasteiger partial charge in [0.05, 0.1) is 5.69 Å². The van der Waals surface area contributed by atoms with Crippen molar-refractivity contribution in [1.82, 2.24) is 25.1 Å². The van der Waals surface area contributed by atoms with Gasteiger partial charge in [0, 0.05) is 12.7 Å². The molecule has 0 radical (unpaired) electrons. The van der Waals surface area contributed by atoms with Gasteiger partial charge in [-0.25, -0.2) is 14.6 Å². The quantitative estimate of drug-likeness (QED) is 0.766. The summed E-state index contributed by atoms with van der Waals surface area (Å²) in [5.41, 5.74) is 1.43. The van der Waals surface area contributed by atoms with Crippen molar-refractivity contribution < 1.29 is 18.0 Å². The Kier molecular flexibility index (Phi) is 5.74. The molecule has 2 aromatic heterocycles. The summed E-state index contributed by atoms with van der Waals surface area (Å²) in [6.07, 6.45) is -4.48. The van der Waals surface area contributed by atoms with Crippen molar-refractivity contribution in [2.45, 2.75) is 32.9 Å². The third-order valence-electron chi connectivity index (χ3n) is 3.39. The van der Waals surface area contributed by atoms with Gasteiger partial charge in [-0.2, -0.15) is 18.3 Å². The number of amides is 1. The maximum absolute atomic E-state index is 12.7. The Morgan fingerprint density at radius 1 is 1.35 bits per heavy atom. The highest BCUT2D eigenvalue weighted by molar-refractivity contribution is 6.31. The predicted molar refractivity (Wildman–Crippen MR) is 90.9 cm³/mol. The molecule has 2 heterocycles. The van der Waals surface area contributed by atoms with E-state index in [0.29, 0.717) is 5.69 Å². The number of rotatable bonds is 5. The number of aryl methyl sites for hydroxylation is 1. The number of carbonyl (C=O) groups is 1. The van der Waals surface area contributed by atoms with Crippen LogP contribution in [0.25, 0.3) is 5.69 Å². The van der Waals surface area contributed by atoms with Crippen LogP contribution in [-0.4, -0.2) is 45.4 Å². The van der Waals surface area contributed by atoms with E-state index in [1.165, 1.54) is 11.7 Å². The normalized spacial score (nSPS) is 11.7. The number of halogens is 4. The van der Waals surface area contributed by atoms with Gasteiger partial charge in [0.2, 0.25) is 5.82 Å². The molecule has 0 fully saturated rings. The SMILES string of the molecule is CNC(=O)c1nc(Cl)c(-n2nc(C)cc2C(C)C)c(NCC(F)(F)F)n1. The molecule has 0 saturated heterocycles. The summed E-state index contributed by atoms with van der Waals surface area (Å²) in [5, 5.41) is 8.60. The van der Waals surface area contributed by atoms with Crippen LogP contribution in [0.15, 0.2) is 6.07 Å². The van der Waals surface area contributed by atoms with Crippen molar-refractivity contribution in [3.63, 3.8) is 0 Å². The zero-order valence-corrected chi connectivity index (χ0v) is 15.3. The highest BCUT2D eigenvalue weighted by atomic mass is 35.5. The fourth-order valence-corrected chi connectivity index (χ4v) is 2.50. The average Bonchev–Trinajstić information content (AvgIpc) is 2.92. The number of nitrogens with one attached hydrogen (secondary N) is 2. The fourth-order valence-electron chi connectivity index (χ4n) is 2.25. The topological polar surface area (TPSA) is 84.7 Å². The molecule has 26 heavy (non-hydrogen) atoms. The number of hydrogen-bond acceptors (Lipinski definition) is 5. The van der Waals surface area contributed by atoms with Gasteiger partial charge in [-0.05, 0) is 18.9 Å². The third-order valence-corrected chi connectivity index (χ3v) is 3.65. The molecule has 142 valence electrons. The smallest absolute Gasteiger partial charge is 0.359 e. The molecule has 0 bridgehead atoms. The lowest BCUT2D eigenvalue weighted by Gasteiger charge is -2.17. The fraction of sp³-hybridized carbons (Fsp3) is 0.467. The average molecular weight is 391 g/mol. The van der Waals surface area contributed by atoms with E-state index < -0.39 is 18.6 Å². The van der Waals surface area contributed by atoms with E-state index in [0.717, 1.165) is 5.69 Å². The highest BCUT2D eigenvalue weighted by Gasteiger charge is 2.29. The molecular weight excluding hydrogens is 373 g/mol. The summed E-state index contributed by atoms with van der Waals surface area (Å²) in [6, 6.07) is 1.79. The molecule has 0 spiro atoms. The molecule has 0 saturated carbocycles. The lowest BCUT2D eigenvalue weighted by atomic mass is 10.1. The summed E-state index contributed by atoms with van der Waals surface area (Å²) in [6.45, 7) is 4.21. The summed E-state index contributed by atoms with van der Waals surface area (Å²) < 4.78 is 39.4. The van der Waals surface area contributed by atoms with Crippen LogP contribution in [0.5, 0.6) is 0 Å². The van der Waals surface area contributed by atoms with Crippen molar-refractivity contribution in [2.24, 2.45) is 0 Å². The Hall–Kier alpha value is -2.36. The Morgan fingerprint density at radius 2 is 2.00 bits per heavy atom. The van der Waals surface area contributed by atoms with Crippen molar-refractivity contribution in [3.05, 3.63) is 28.4 Å². The molecule has 0 aliphatic heterocycles. The molecule has 0 aliphatic carbocycles. The lowest BCUT2D eigenvalue weighted by molar-refractivity contribution is -0.115. The van der Waals surface area contributed by atoms with Crippen LogP contribution in [0, 0.1) is 6.92 Å². The first-order valence-electron chi connectivity index (χ1n) is 7.70. The van der Waals surface area contributed by atoms with Crippen LogP contribution in [0.3, 0.4) is 0 Å². The summed E-state index contributed by atoms with van der Waals surface area (Å²) >= 11 is 6.19. The Morgan fingerprint density at radius 3 is 2.54 bits per heavy atom. The second-order valence-corrected chi connectivity index (χ2v) is 6.22. The van der Waals surface area contributed by atoms with Gasteiger partial charge in [-0.15, -0.1) is 0 Å². The first-order valence-corrected chi connectivity index (χ1v) is 8.08. The minimum Gasteiger partial charge on any atom is -0.359 e. The Labute approximate surface area is 153 Å². The number of carbonyl (C=O) groups excluding carboxylic acids is 1. The zero-order valence-electron chi connectivity index (χ0n) is 14.6. The molecule has 0 aromatic carbocycles. The minimum atomic E-state index is -4.48. The third kappa shape index (κ3) is 4.43. The predicted octanol–water partition coefficient (Wildman–Crippen LogP) is 3.08. The first-order chi connectivity index (χ1) is 12.0. The van der Waals surface area contributed by atoms with E-state index in [1.54, 1.807) is 13.0 Å². The molecular formula is C15H18ClF3N6O. The molecule has 2 rings (SSSR count). The van der Waals surface area contributed by atoms with E-state index in [1.807, 2.05) is 13.8 Å². The van der Waals surface area contributed by atoms with Crippen LogP contribution in [-0.2, 0) is 0 Å². The van der Waals surface area contributed by atoms with Gasteiger partial charge in [0.25, 0.3) is 5.91 Å². The second kappa shape index (κ2) is 7.48. The zero-order chi connectivity index (χ0) is 19.6. The van der Waals surface area contributed by atoms with Crippen molar-refractivity contribution in [2.75, 3.05) is 18.9 Å².